The van der Waals surface area contributed by atoms with Gasteiger partial charge >= 0.3 is 0 Å². The zero-order valence-corrected chi connectivity index (χ0v) is 19.0. The number of rotatable bonds is 5. The van der Waals surface area contributed by atoms with Gasteiger partial charge in [0.1, 0.15) is 0 Å². The van der Waals surface area contributed by atoms with Crippen LogP contribution >= 0.6 is 0 Å². The molecule has 33 heavy (non-hydrogen) atoms. The van der Waals surface area contributed by atoms with Crippen molar-refractivity contribution in [3.63, 3.8) is 0 Å². The molecule has 0 bridgehead atoms. The number of nitrogens with two attached hydrogens (primary N) is 1. The summed E-state index contributed by atoms with van der Waals surface area (Å²) >= 11 is 0. The summed E-state index contributed by atoms with van der Waals surface area (Å²) in [5.41, 5.74) is 3.45. The minimum absolute atomic E-state index is 0.0610. The number of amides is 3. The van der Waals surface area contributed by atoms with Crippen LogP contribution in [0.4, 0.5) is 0 Å². The van der Waals surface area contributed by atoms with Gasteiger partial charge in [-0.25, -0.2) is 5.84 Å². The highest BCUT2D eigenvalue weighted by Gasteiger charge is 2.61. The Hall–Kier alpha value is -3.20. The SMILES string of the molecule is CC1(C)C[C@@H]1C(=O)N1CC2(CN(C(=O)c3cnn(Cc4ccccc4)c3)C[C@H]2C(=O)NN)C1. The van der Waals surface area contributed by atoms with E-state index in [0.717, 1.165) is 12.0 Å². The van der Waals surface area contributed by atoms with Gasteiger partial charge in [0, 0.05) is 43.7 Å². The maximum atomic E-state index is 13.2. The van der Waals surface area contributed by atoms with Gasteiger partial charge in [-0.2, -0.15) is 5.10 Å². The molecule has 1 saturated carbocycles. The molecule has 1 aliphatic carbocycles. The lowest BCUT2D eigenvalue weighted by atomic mass is 9.71. The number of benzene rings is 1. The van der Waals surface area contributed by atoms with Gasteiger partial charge in [0.15, 0.2) is 0 Å². The quantitative estimate of drug-likeness (QED) is 0.399. The highest BCUT2D eigenvalue weighted by Crippen LogP contribution is 2.54. The lowest BCUT2D eigenvalue weighted by Crippen LogP contribution is -2.64. The maximum Gasteiger partial charge on any atom is 0.257 e. The van der Waals surface area contributed by atoms with E-state index in [2.05, 4.69) is 24.4 Å². The van der Waals surface area contributed by atoms with Crippen LogP contribution in [0, 0.1) is 22.7 Å². The molecular weight excluding hydrogens is 420 g/mol. The van der Waals surface area contributed by atoms with E-state index in [1.165, 1.54) is 0 Å². The average Bonchev–Trinajstić information content (AvgIpc) is 3.13. The molecule has 3 fully saturated rings. The Bertz CT molecular complexity index is 1090. The molecule has 5 rings (SSSR count). The monoisotopic (exact) mass is 450 g/mol. The van der Waals surface area contributed by atoms with Crippen molar-refractivity contribution in [2.75, 3.05) is 26.2 Å². The third-order valence-corrected chi connectivity index (χ3v) is 7.60. The predicted octanol–water partition coefficient (Wildman–Crippen LogP) is 0.868. The first-order valence-corrected chi connectivity index (χ1v) is 11.4. The number of nitrogens with one attached hydrogen (secondary N) is 1. The third kappa shape index (κ3) is 3.80. The summed E-state index contributed by atoms with van der Waals surface area (Å²) in [5, 5.41) is 4.34. The van der Waals surface area contributed by atoms with Crippen molar-refractivity contribution in [1.82, 2.24) is 25.0 Å². The Balaban J connectivity index is 1.27. The smallest absolute Gasteiger partial charge is 0.257 e. The molecule has 2 aliphatic heterocycles. The molecule has 3 N–H and O–H groups in total. The Morgan fingerprint density at radius 3 is 2.39 bits per heavy atom. The normalized spacial score (nSPS) is 24.5. The van der Waals surface area contributed by atoms with Gasteiger partial charge < -0.3 is 9.80 Å². The van der Waals surface area contributed by atoms with Crippen molar-refractivity contribution in [1.29, 1.82) is 0 Å². The van der Waals surface area contributed by atoms with Gasteiger partial charge in [0.2, 0.25) is 11.8 Å². The largest absolute Gasteiger partial charge is 0.341 e. The Morgan fingerprint density at radius 2 is 1.76 bits per heavy atom. The van der Waals surface area contributed by atoms with Crippen LogP contribution in [0.3, 0.4) is 0 Å². The molecule has 1 aromatic carbocycles. The van der Waals surface area contributed by atoms with Crippen LogP contribution in [0.2, 0.25) is 0 Å². The van der Waals surface area contributed by atoms with Gasteiger partial charge in [-0.15, -0.1) is 0 Å². The highest BCUT2D eigenvalue weighted by atomic mass is 16.2. The summed E-state index contributed by atoms with van der Waals surface area (Å²) in [6.45, 7) is 6.44. The molecule has 3 heterocycles. The van der Waals surface area contributed by atoms with Gasteiger partial charge in [-0.3, -0.25) is 24.5 Å². The molecule has 3 amide bonds. The summed E-state index contributed by atoms with van der Waals surface area (Å²) in [5.74, 6) is 4.78. The van der Waals surface area contributed by atoms with E-state index in [4.69, 9.17) is 5.84 Å². The molecule has 9 nitrogen and oxygen atoms in total. The van der Waals surface area contributed by atoms with Gasteiger partial charge in [-0.1, -0.05) is 44.2 Å². The Labute approximate surface area is 192 Å². The van der Waals surface area contributed by atoms with E-state index in [1.807, 2.05) is 35.2 Å². The van der Waals surface area contributed by atoms with Crippen molar-refractivity contribution in [2.24, 2.45) is 28.5 Å². The number of nitrogens with zero attached hydrogens (tertiary/aromatic N) is 4. The maximum absolute atomic E-state index is 13.2. The summed E-state index contributed by atoms with van der Waals surface area (Å²) in [7, 11) is 0. The zero-order valence-electron chi connectivity index (χ0n) is 19.0. The molecule has 1 spiro atoms. The van der Waals surface area contributed by atoms with E-state index < -0.39 is 11.3 Å². The molecule has 9 heteroatoms. The first-order chi connectivity index (χ1) is 15.7. The van der Waals surface area contributed by atoms with Crippen LogP contribution in [-0.2, 0) is 16.1 Å². The van der Waals surface area contributed by atoms with Crippen LogP contribution in [0.1, 0.15) is 36.2 Å². The second-order valence-electron chi connectivity index (χ2n) is 10.5. The van der Waals surface area contributed by atoms with E-state index >= 15 is 0 Å². The number of carbonyl (C=O) groups is 3. The number of hydrogen-bond acceptors (Lipinski definition) is 5. The second-order valence-corrected chi connectivity index (χ2v) is 10.5. The molecule has 0 radical (unpaired) electrons. The summed E-state index contributed by atoms with van der Waals surface area (Å²) in [6, 6.07) is 9.91. The lowest BCUT2D eigenvalue weighted by molar-refractivity contribution is -0.151. The van der Waals surface area contributed by atoms with E-state index in [1.54, 1.807) is 22.0 Å². The van der Waals surface area contributed by atoms with Crippen molar-refractivity contribution in [3.05, 3.63) is 53.9 Å². The van der Waals surface area contributed by atoms with Crippen molar-refractivity contribution in [2.45, 2.75) is 26.8 Å². The Morgan fingerprint density at radius 1 is 1.09 bits per heavy atom. The molecule has 1 aromatic heterocycles. The molecule has 2 saturated heterocycles. The van der Waals surface area contributed by atoms with E-state index in [0.29, 0.717) is 31.7 Å². The van der Waals surface area contributed by atoms with Crippen molar-refractivity contribution < 1.29 is 14.4 Å². The van der Waals surface area contributed by atoms with Gasteiger partial charge in [0.25, 0.3) is 5.91 Å². The molecule has 174 valence electrons. The topological polar surface area (TPSA) is 114 Å². The number of carbonyl (C=O) groups excluding carboxylic acids is 3. The minimum atomic E-state index is -0.451. The van der Waals surface area contributed by atoms with Crippen molar-refractivity contribution >= 4 is 17.7 Å². The summed E-state index contributed by atoms with van der Waals surface area (Å²) in [4.78, 5) is 42.1. The van der Waals surface area contributed by atoms with Crippen LogP contribution in [0.15, 0.2) is 42.7 Å². The average molecular weight is 451 g/mol. The highest BCUT2D eigenvalue weighted by molar-refractivity contribution is 5.95. The molecule has 2 aromatic rings. The standard InChI is InChI=1S/C24H30N6O3/c1-23(2)8-18(23)22(33)29-14-24(15-29)13-28(12-19(24)20(31)27-25)21(32)17-9-26-30(11-17)10-16-6-4-3-5-7-16/h3-7,9,11,18-19H,8,10,12-15,25H2,1-2H3,(H,27,31)/t18-,19+/m1/s1. The second kappa shape index (κ2) is 7.69. The van der Waals surface area contributed by atoms with Crippen LogP contribution < -0.4 is 11.3 Å². The number of aromatic nitrogens is 2. The minimum Gasteiger partial charge on any atom is -0.341 e. The fourth-order valence-electron chi connectivity index (χ4n) is 5.40. The predicted molar refractivity (Wildman–Crippen MR) is 120 cm³/mol. The van der Waals surface area contributed by atoms with Crippen molar-refractivity contribution in [3.8, 4) is 0 Å². The number of hydrazine groups is 1. The van der Waals surface area contributed by atoms with Gasteiger partial charge in [-0.05, 0) is 17.4 Å². The third-order valence-electron chi connectivity index (χ3n) is 7.60. The lowest BCUT2D eigenvalue weighted by Gasteiger charge is -2.50. The van der Waals surface area contributed by atoms with Crippen LogP contribution in [0.25, 0.3) is 0 Å². The van der Waals surface area contributed by atoms with Gasteiger partial charge in [0.05, 0.1) is 24.2 Å². The molecule has 2 atom stereocenters. The molecular formula is C24H30N6O3. The first-order valence-electron chi connectivity index (χ1n) is 11.4. The zero-order chi connectivity index (χ0) is 23.4. The summed E-state index contributed by atoms with van der Waals surface area (Å²) < 4.78 is 1.74. The fourth-order valence-corrected chi connectivity index (χ4v) is 5.40. The van der Waals surface area contributed by atoms with E-state index in [9.17, 15) is 14.4 Å². The Kier molecular flexibility index (Phi) is 5.04. The number of hydrogen-bond donors (Lipinski definition) is 2. The van der Waals surface area contributed by atoms with Crippen LogP contribution in [-0.4, -0.2) is 63.5 Å². The van der Waals surface area contributed by atoms with E-state index in [-0.39, 0.29) is 35.6 Å². The number of likely N-dealkylation sites (tertiary alicyclic amines) is 2. The fraction of sp³-hybridized carbons (Fsp3) is 0.500. The first kappa shape index (κ1) is 21.6. The molecule has 3 aliphatic rings. The van der Waals surface area contributed by atoms with Crippen LogP contribution in [0.5, 0.6) is 0 Å². The molecule has 0 unspecified atom stereocenters. The summed E-state index contributed by atoms with van der Waals surface area (Å²) in [6.07, 6.45) is 4.21.